The molecule has 0 amide bonds. The Bertz CT molecular complexity index is 8090. The van der Waals surface area contributed by atoms with Gasteiger partial charge in [-0.05, 0) is 194 Å². The first kappa shape index (κ1) is 64.5. The summed E-state index contributed by atoms with van der Waals surface area (Å²) in [6, 6.07) is 126. The maximum atomic E-state index is 4.38. The molecule has 25 rings (SSSR count). The molecule has 7 aromatic heterocycles. The topological polar surface area (TPSA) is 75.0 Å². The van der Waals surface area contributed by atoms with E-state index in [1.54, 1.807) is 0 Å². The maximum absolute atomic E-state index is 4.38. The molecule has 17 aromatic carbocycles. The highest BCUT2D eigenvalue weighted by molar-refractivity contribution is 6.25. The number of pyridine rings is 1. The molecule has 1 aliphatic carbocycles. The summed E-state index contributed by atoms with van der Waals surface area (Å²) in [5.74, 6) is 0. The average Bonchev–Trinajstić information content (AvgIpc) is 1.58. The lowest BCUT2D eigenvalue weighted by Gasteiger charge is -2.22. The van der Waals surface area contributed by atoms with Gasteiger partial charge in [-0.15, -0.1) is 0 Å². The molecule has 0 atom stereocenters. The number of rotatable bonds is 6. The Morgan fingerprint density at radius 2 is 0.611 bits per heavy atom. The summed E-state index contributed by atoms with van der Waals surface area (Å²) in [6.45, 7) is 7.90. The smallest absolute Gasteiger partial charge is 0.0645 e. The zero-order valence-electron chi connectivity index (χ0n) is 62.6. The Morgan fingerprint density at radius 1 is 0.257 bits per heavy atom. The number of aryl methyl sites for hydroxylation is 1. The van der Waals surface area contributed by atoms with Crippen molar-refractivity contribution in [2.45, 2.75) is 32.7 Å². The van der Waals surface area contributed by atoms with E-state index in [0.29, 0.717) is 0 Å². The predicted molar refractivity (Wildman–Crippen MR) is 479 cm³/mol. The summed E-state index contributed by atoms with van der Waals surface area (Å²) in [5, 5.41) is 22.9. The molecule has 0 unspecified atom stereocenters. The van der Waals surface area contributed by atoms with E-state index in [0.717, 1.165) is 12.2 Å². The van der Waals surface area contributed by atoms with Crippen LogP contribution in [0.2, 0.25) is 0 Å². The number of hydrogen-bond donors (Lipinski definition) is 3. The number of benzene rings is 17. The third kappa shape index (κ3) is 9.77. The van der Waals surface area contributed by atoms with Crippen molar-refractivity contribution in [3.05, 3.63) is 369 Å². The van der Waals surface area contributed by atoms with Crippen molar-refractivity contribution in [3.8, 4) is 55.9 Å². The fourth-order valence-electron chi connectivity index (χ4n) is 19.5. The Kier molecular flexibility index (Phi) is 14.3. The van der Waals surface area contributed by atoms with Gasteiger partial charge in [0, 0.05) is 132 Å². The van der Waals surface area contributed by atoms with Gasteiger partial charge >= 0.3 is 0 Å². The van der Waals surface area contributed by atoms with Crippen LogP contribution in [0.25, 0.3) is 219 Å². The second-order valence-corrected chi connectivity index (χ2v) is 31.0. The minimum absolute atomic E-state index is 0.0457. The molecule has 0 aliphatic heterocycles. The highest BCUT2D eigenvalue weighted by Crippen LogP contribution is 2.51. The highest BCUT2D eigenvalue weighted by Gasteiger charge is 2.36. The number of nitrogens with one attached hydrogen (secondary N) is 3. The van der Waals surface area contributed by atoms with E-state index in [-0.39, 0.29) is 5.41 Å². The van der Waals surface area contributed by atoms with Crippen molar-refractivity contribution in [1.29, 1.82) is 0 Å². The van der Waals surface area contributed by atoms with Crippen LogP contribution >= 0.6 is 0 Å². The van der Waals surface area contributed by atoms with Crippen molar-refractivity contribution in [1.82, 2.24) is 33.6 Å². The van der Waals surface area contributed by atoms with Crippen molar-refractivity contribution in [2.75, 3.05) is 0 Å². The van der Waals surface area contributed by atoms with E-state index >= 15 is 0 Å². The van der Waals surface area contributed by atoms with Crippen LogP contribution in [-0.2, 0) is 12.0 Å². The van der Waals surface area contributed by atoms with Crippen LogP contribution in [0.5, 0.6) is 0 Å². The van der Waals surface area contributed by atoms with Crippen LogP contribution in [0.1, 0.15) is 31.9 Å². The van der Waals surface area contributed by atoms with Crippen LogP contribution in [-0.4, -0.2) is 33.6 Å². The quantitative estimate of drug-likeness (QED) is 0.152. The number of aromatic amines is 3. The third-order valence-corrected chi connectivity index (χ3v) is 24.7. The van der Waals surface area contributed by atoms with Crippen molar-refractivity contribution in [3.63, 3.8) is 0 Å². The van der Waals surface area contributed by atoms with E-state index in [4.69, 9.17) is 0 Å². The molecule has 532 valence electrons. The standard InChI is InChI=1S/C43H30N2.C33H21N3.C30H22N2/c1-43(2)37-16-8-5-12-29(37)30-21-20-27(24-38(30)43)45-40-18-10-7-14-32(40)35-23-26(19-22-41(35)45)34-25-36-31-13-6-9-17-39(31)44-42(36)33-15-4-3-11-28(33)34;1-2-12-26-23(9-1)27(19-29-24-10-3-5-13-30(24)35-33(26)29)21-15-16-32-28(18-21)25-11-4-6-14-31(25)36(32)22-8-7-17-34-20-22;1-2-32-28-14-8-6-11-22(28)25-17-19(15-16-29(25)32)24-18-26-21-10-5-7-13-27(21)31-30(26)23-12-4-3-9-20(23)24/h3-25,44H,1-2H3;1-20,35H;3-18,31H,2H2,1H3. The predicted octanol–water partition coefficient (Wildman–Crippen LogP) is 28.4. The number of para-hydroxylation sites is 6. The first-order valence-corrected chi connectivity index (χ1v) is 39.3. The van der Waals surface area contributed by atoms with Gasteiger partial charge < -0.3 is 28.7 Å². The molecule has 3 N–H and O–H groups in total. The zero-order valence-corrected chi connectivity index (χ0v) is 62.6. The van der Waals surface area contributed by atoms with Crippen molar-refractivity contribution < 1.29 is 0 Å². The highest BCUT2D eigenvalue weighted by atomic mass is 15.0. The number of nitrogens with zero attached hydrogens (tertiary/aromatic N) is 4. The molecule has 0 saturated carbocycles. The first-order valence-electron chi connectivity index (χ1n) is 39.3. The van der Waals surface area contributed by atoms with E-state index in [1.165, 1.54) is 224 Å². The molecule has 0 spiro atoms. The lowest BCUT2D eigenvalue weighted by molar-refractivity contribution is 0.660. The lowest BCUT2D eigenvalue weighted by atomic mass is 9.82. The molecule has 1 aliphatic rings. The number of fused-ring (bicyclic) bond motifs is 27. The molecule has 7 heteroatoms. The summed E-state index contributed by atoms with van der Waals surface area (Å²) in [5.41, 5.74) is 29.8. The monoisotopic (exact) mass is 1440 g/mol. The number of hydrogen-bond acceptors (Lipinski definition) is 1. The molecule has 0 radical (unpaired) electrons. The Balaban J connectivity index is 0.000000102. The van der Waals surface area contributed by atoms with E-state index in [1.807, 2.05) is 18.5 Å². The van der Waals surface area contributed by atoms with Gasteiger partial charge in [0.15, 0.2) is 0 Å². The van der Waals surface area contributed by atoms with Gasteiger partial charge in [-0.3, -0.25) is 4.98 Å². The van der Waals surface area contributed by atoms with Crippen LogP contribution in [0.4, 0.5) is 0 Å². The van der Waals surface area contributed by atoms with Gasteiger partial charge in [-0.25, -0.2) is 0 Å². The number of aromatic nitrogens is 7. The minimum atomic E-state index is -0.0457. The normalized spacial score (nSPS) is 12.7. The Labute approximate surface area is 650 Å². The van der Waals surface area contributed by atoms with Gasteiger partial charge in [0.05, 0.1) is 50.5 Å². The molecule has 0 saturated heterocycles. The minimum Gasteiger partial charge on any atom is -0.354 e. The molecular formula is C106H73N7. The van der Waals surface area contributed by atoms with Gasteiger partial charge in [0.2, 0.25) is 0 Å². The second-order valence-electron chi connectivity index (χ2n) is 31.0. The van der Waals surface area contributed by atoms with Crippen molar-refractivity contribution in [2.24, 2.45) is 0 Å². The van der Waals surface area contributed by atoms with Gasteiger partial charge in [0.1, 0.15) is 0 Å². The molecule has 24 aromatic rings. The van der Waals surface area contributed by atoms with Crippen LogP contribution < -0.4 is 0 Å². The third-order valence-electron chi connectivity index (χ3n) is 24.7. The van der Waals surface area contributed by atoms with Crippen LogP contribution in [0.15, 0.2) is 358 Å². The Morgan fingerprint density at radius 3 is 1.07 bits per heavy atom. The second kappa shape index (κ2) is 25.0. The maximum Gasteiger partial charge on any atom is 0.0645 e. The lowest BCUT2D eigenvalue weighted by Crippen LogP contribution is -2.15. The Hall–Kier alpha value is -14.5. The molecule has 0 bridgehead atoms. The fraction of sp³-hybridized carbons (Fsp3) is 0.0472. The average molecular weight is 1440 g/mol. The molecule has 7 heterocycles. The van der Waals surface area contributed by atoms with E-state index in [2.05, 4.69) is 394 Å². The van der Waals surface area contributed by atoms with Crippen LogP contribution in [0, 0.1) is 0 Å². The SMILES string of the molecule is CC1(C)c2ccccc2-c2ccc(-n3c4ccccc4c4cc(-c5cc6c7ccccc7[nH]c6c6ccccc56)ccc43)cc21.CCn1c2ccccc2c2cc(-c3cc4c5ccccc5[nH]c4c4ccccc34)ccc21.c1cncc(-n2c3ccccc3c3cc(-c4cc5c6ccccc6[nH]c5c5ccccc45)ccc32)c1. The summed E-state index contributed by atoms with van der Waals surface area (Å²) in [7, 11) is 0. The zero-order chi connectivity index (χ0) is 74.7. The first-order chi connectivity index (χ1) is 55.8. The van der Waals surface area contributed by atoms with E-state index < -0.39 is 0 Å². The van der Waals surface area contributed by atoms with Gasteiger partial charge in [-0.1, -0.05) is 244 Å². The molecule has 113 heavy (non-hydrogen) atoms. The van der Waals surface area contributed by atoms with Crippen LogP contribution in [0.3, 0.4) is 0 Å². The summed E-state index contributed by atoms with van der Waals surface area (Å²) in [6.07, 6.45) is 3.75. The van der Waals surface area contributed by atoms with Gasteiger partial charge in [-0.2, -0.15) is 0 Å². The summed E-state index contributed by atoms with van der Waals surface area (Å²) in [4.78, 5) is 15.4. The van der Waals surface area contributed by atoms with Gasteiger partial charge in [0.25, 0.3) is 0 Å². The summed E-state index contributed by atoms with van der Waals surface area (Å²) < 4.78 is 7.17. The molecule has 7 nitrogen and oxygen atoms in total. The van der Waals surface area contributed by atoms with E-state index in [9.17, 15) is 0 Å². The number of H-pyrrole nitrogens is 3. The fourth-order valence-corrected chi connectivity index (χ4v) is 19.5. The molecule has 0 fully saturated rings. The largest absolute Gasteiger partial charge is 0.354 e. The molecular weight excluding hydrogens is 1370 g/mol. The summed E-state index contributed by atoms with van der Waals surface area (Å²) >= 11 is 0. The van der Waals surface area contributed by atoms with Crippen molar-refractivity contribution >= 4 is 163 Å².